The minimum atomic E-state index is -0.510. The standard InChI is InChI=1S/C17H28F2N2/c1-8-17(5,6)21(7)15-13(18)9-12(10-14(15)19)11-20-16(2,3)4/h9-10,20H,8,11H2,1-7H3. The van der Waals surface area contributed by atoms with Gasteiger partial charge in [-0.25, -0.2) is 8.78 Å². The fourth-order valence-electron chi connectivity index (χ4n) is 1.95. The highest BCUT2D eigenvalue weighted by molar-refractivity contribution is 5.52. The summed E-state index contributed by atoms with van der Waals surface area (Å²) in [7, 11) is 1.73. The van der Waals surface area contributed by atoms with Crippen molar-refractivity contribution in [2.45, 2.75) is 65.6 Å². The molecule has 0 bridgehead atoms. The first kappa shape index (κ1) is 17.9. The van der Waals surface area contributed by atoms with E-state index in [1.165, 1.54) is 12.1 Å². The summed E-state index contributed by atoms with van der Waals surface area (Å²) >= 11 is 0. The Bertz CT molecular complexity index is 467. The van der Waals surface area contributed by atoms with Crippen molar-refractivity contribution in [2.24, 2.45) is 0 Å². The van der Waals surface area contributed by atoms with Crippen LogP contribution in [0.4, 0.5) is 14.5 Å². The molecule has 1 aromatic carbocycles. The molecule has 0 aliphatic carbocycles. The van der Waals surface area contributed by atoms with E-state index >= 15 is 0 Å². The van der Waals surface area contributed by atoms with Gasteiger partial charge >= 0.3 is 0 Å². The van der Waals surface area contributed by atoms with Crippen LogP contribution in [0.15, 0.2) is 12.1 Å². The van der Waals surface area contributed by atoms with Crippen LogP contribution in [0.2, 0.25) is 0 Å². The molecule has 0 aliphatic rings. The first-order valence-electron chi connectivity index (χ1n) is 7.44. The summed E-state index contributed by atoms with van der Waals surface area (Å²) in [5.74, 6) is -1.02. The topological polar surface area (TPSA) is 15.3 Å². The van der Waals surface area contributed by atoms with Crippen molar-refractivity contribution in [1.29, 1.82) is 0 Å². The second-order valence-electron chi connectivity index (χ2n) is 7.24. The maximum atomic E-state index is 14.3. The Kier molecular flexibility index (Phi) is 5.37. The predicted molar refractivity (Wildman–Crippen MR) is 85.7 cm³/mol. The fraction of sp³-hybridized carbons (Fsp3) is 0.647. The van der Waals surface area contributed by atoms with Crippen LogP contribution >= 0.6 is 0 Å². The zero-order valence-electron chi connectivity index (χ0n) is 14.3. The summed E-state index contributed by atoms with van der Waals surface area (Å²) in [5, 5.41) is 3.24. The SMILES string of the molecule is CCC(C)(C)N(C)c1c(F)cc(CNC(C)(C)C)cc1F. The van der Waals surface area contributed by atoms with Gasteiger partial charge in [-0.3, -0.25) is 0 Å². The summed E-state index contributed by atoms with van der Waals surface area (Å²) in [4.78, 5) is 1.68. The third kappa shape index (κ3) is 4.67. The van der Waals surface area contributed by atoms with Crippen LogP contribution in [-0.2, 0) is 6.54 Å². The van der Waals surface area contributed by atoms with Gasteiger partial charge in [0.25, 0.3) is 0 Å². The molecule has 0 fully saturated rings. The molecule has 0 aromatic heterocycles. The lowest BCUT2D eigenvalue weighted by atomic mass is 9.98. The van der Waals surface area contributed by atoms with Crippen LogP contribution in [0.25, 0.3) is 0 Å². The minimum absolute atomic E-state index is 0.0429. The van der Waals surface area contributed by atoms with Gasteiger partial charge in [0.05, 0.1) is 0 Å². The van der Waals surface area contributed by atoms with E-state index in [0.717, 1.165) is 6.42 Å². The zero-order valence-corrected chi connectivity index (χ0v) is 14.3. The Morgan fingerprint density at radius 2 is 1.52 bits per heavy atom. The summed E-state index contributed by atoms with van der Waals surface area (Å²) < 4.78 is 28.7. The Labute approximate surface area is 127 Å². The van der Waals surface area contributed by atoms with Gasteiger partial charge in [-0.1, -0.05) is 6.92 Å². The Morgan fingerprint density at radius 1 is 1.05 bits per heavy atom. The van der Waals surface area contributed by atoms with E-state index in [1.807, 2.05) is 41.5 Å². The average molecular weight is 298 g/mol. The lowest BCUT2D eigenvalue weighted by molar-refractivity contribution is 0.421. The van der Waals surface area contributed by atoms with E-state index in [4.69, 9.17) is 0 Å². The number of halogens is 2. The van der Waals surface area contributed by atoms with Crippen molar-refractivity contribution in [1.82, 2.24) is 5.32 Å². The Morgan fingerprint density at radius 3 is 1.90 bits per heavy atom. The molecule has 2 nitrogen and oxygen atoms in total. The monoisotopic (exact) mass is 298 g/mol. The maximum absolute atomic E-state index is 14.3. The minimum Gasteiger partial charge on any atom is -0.365 e. The van der Waals surface area contributed by atoms with Crippen molar-refractivity contribution in [3.05, 3.63) is 29.3 Å². The fourth-order valence-corrected chi connectivity index (χ4v) is 1.95. The Balaban J connectivity index is 3.06. The highest BCUT2D eigenvalue weighted by atomic mass is 19.1. The van der Waals surface area contributed by atoms with E-state index in [-0.39, 0.29) is 16.8 Å². The van der Waals surface area contributed by atoms with E-state index in [0.29, 0.717) is 12.1 Å². The number of anilines is 1. The lowest BCUT2D eigenvalue weighted by Crippen LogP contribution is -2.41. The largest absolute Gasteiger partial charge is 0.365 e. The molecular weight excluding hydrogens is 270 g/mol. The lowest BCUT2D eigenvalue weighted by Gasteiger charge is -2.37. The van der Waals surface area contributed by atoms with Crippen molar-refractivity contribution in [2.75, 3.05) is 11.9 Å². The number of benzene rings is 1. The molecule has 0 saturated carbocycles. The number of nitrogens with zero attached hydrogens (tertiary/aromatic N) is 1. The highest BCUT2D eigenvalue weighted by Crippen LogP contribution is 2.30. The van der Waals surface area contributed by atoms with E-state index in [2.05, 4.69) is 5.32 Å². The molecule has 120 valence electrons. The van der Waals surface area contributed by atoms with Gasteiger partial charge < -0.3 is 10.2 Å². The third-order valence-corrected chi connectivity index (χ3v) is 4.01. The molecule has 1 N–H and O–H groups in total. The molecule has 1 rings (SSSR count). The molecule has 0 heterocycles. The first-order valence-corrected chi connectivity index (χ1v) is 7.44. The maximum Gasteiger partial charge on any atom is 0.149 e. The second-order valence-corrected chi connectivity index (χ2v) is 7.24. The van der Waals surface area contributed by atoms with Crippen molar-refractivity contribution in [3.8, 4) is 0 Å². The van der Waals surface area contributed by atoms with Crippen LogP contribution < -0.4 is 10.2 Å². The molecule has 0 saturated heterocycles. The van der Waals surface area contributed by atoms with Gasteiger partial charge in [0.2, 0.25) is 0 Å². The van der Waals surface area contributed by atoms with Crippen LogP contribution in [0.3, 0.4) is 0 Å². The molecule has 0 radical (unpaired) electrons. The van der Waals surface area contributed by atoms with E-state index in [1.54, 1.807) is 11.9 Å². The van der Waals surface area contributed by atoms with Crippen LogP contribution in [-0.4, -0.2) is 18.1 Å². The number of hydrogen-bond acceptors (Lipinski definition) is 2. The first-order chi connectivity index (χ1) is 9.48. The Hall–Kier alpha value is -1.16. The number of nitrogens with one attached hydrogen (secondary N) is 1. The van der Waals surface area contributed by atoms with E-state index < -0.39 is 11.6 Å². The van der Waals surface area contributed by atoms with Gasteiger partial charge in [-0.05, 0) is 58.7 Å². The van der Waals surface area contributed by atoms with Crippen LogP contribution in [0.5, 0.6) is 0 Å². The van der Waals surface area contributed by atoms with Gasteiger partial charge in [0.1, 0.15) is 17.3 Å². The third-order valence-electron chi connectivity index (χ3n) is 4.01. The molecule has 0 amide bonds. The summed E-state index contributed by atoms with van der Waals surface area (Å²) in [5.41, 5.74) is 0.271. The van der Waals surface area contributed by atoms with Crippen LogP contribution in [0.1, 0.15) is 53.5 Å². The van der Waals surface area contributed by atoms with Crippen LogP contribution in [0, 0.1) is 11.6 Å². The average Bonchev–Trinajstić information content (AvgIpc) is 2.34. The number of rotatable bonds is 5. The number of hydrogen-bond donors (Lipinski definition) is 1. The molecule has 4 heteroatoms. The van der Waals surface area contributed by atoms with Gasteiger partial charge in [-0.2, -0.15) is 0 Å². The van der Waals surface area contributed by atoms with Crippen molar-refractivity contribution >= 4 is 5.69 Å². The highest BCUT2D eigenvalue weighted by Gasteiger charge is 2.26. The molecule has 1 aromatic rings. The predicted octanol–water partition coefficient (Wildman–Crippen LogP) is 4.48. The molecule has 21 heavy (non-hydrogen) atoms. The van der Waals surface area contributed by atoms with Crippen molar-refractivity contribution < 1.29 is 8.78 Å². The quantitative estimate of drug-likeness (QED) is 0.862. The molecule has 0 unspecified atom stereocenters. The summed E-state index contributed by atoms with van der Waals surface area (Å²) in [6, 6.07) is 2.83. The molecule has 0 atom stereocenters. The smallest absolute Gasteiger partial charge is 0.149 e. The summed E-state index contributed by atoms with van der Waals surface area (Å²) in [6.45, 7) is 12.5. The molecular formula is C17H28F2N2. The zero-order chi connectivity index (χ0) is 16.4. The molecule has 0 aliphatic heterocycles. The normalized spacial score (nSPS) is 12.6. The summed E-state index contributed by atoms with van der Waals surface area (Å²) in [6.07, 6.45) is 0.801. The van der Waals surface area contributed by atoms with Gasteiger partial charge in [0.15, 0.2) is 0 Å². The molecule has 0 spiro atoms. The van der Waals surface area contributed by atoms with Gasteiger partial charge in [0, 0.05) is 24.7 Å². The van der Waals surface area contributed by atoms with Crippen molar-refractivity contribution in [3.63, 3.8) is 0 Å². The van der Waals surface area contributed by atoms with E-state index in [9.17, 15) is 8.78 Å². The van der Waals surface area contributed by atoms with Gasteiger partial charge in [-0.15, -0.1) is 0 Å². The second kappa shape index (κ2) is 6.30.